The molecule has 0 saturated heterocycles. The first-order valence-electron chi connectivity index (χ1n) is 6.96. The summed E-state index contributed by atoms with van der Waals surface area (Å²) in [6.45, 7) is 0.684. The molecule has 1 amide bonds. The fraction of sp³-hybridized carbons (Fsp3) is 0.500. The lowest BCUT2D eigenvalue weighted by Crippen LogP contribution is -2.29. The monoisotopic (exact) mass is 355 g/mol. The first-order chi connectivity index (χ1) is 10.0. The van der Waals surface area contributed by atoms with Gasteiger partial charge >= 0.3 is 0 Å². The minimum absolute atomic E-state index is 0.00164. The van der Waals surface area contributed by atoms with Crippen molar-refractivity contribution in [3.8, 4) is 0 Å². The van der Waals surface area contributed by atoms with Gasteiger partial charge in [-0.3, -0.25) is 14.9 Å². The zero-order chi connectivity index (χ0) is 15.4. The summed E-state index contributed by atoms with van der Waals surface area (Å²) in [5, 5.41) is 13.6. The molecule has 1 aliphatic rings. The van der Waals surface area contributed by atoms with Crippen molar-refractivity contribution in [3.63, 3.8) is 0 Å². The van der Waals surface area contributed by atoms with Gasteiger partial charge in [-0.1, -0.05) is 0 Å². The highest BCUT2D eigenvalue weighted by Gasteiger charge is 2.25. The van der Waals surface area contributed by atoms with Crippen molar-refractivity contribution < 1.29 is 9.72 Å². The van der Waals surface area contributed by atoms with E-state index in [1.165, 1.54) is 6.07 Å². The molecule has 0 heterocycles. The Balaban J connectivity index is 1.97. The summed E-state index contributed by atoms with van der Waals surface area (Å²) in [4.78, 5) is 22.5. The van der Waals surface area contributed by atoms with Crippen LogP contribution in [0.2, 0.25) is 0 Å². The lowest BCUT2D eigenvalue weighted by Gasteiger charge is -2.26. The van der Waals surface area contributed by atoms with E-state index < -0.39 is 4.92 Å². The number of nitrogens with two attached hydrogens (primary N) is 1. The summed E-state index contributed by atoms with van der Waals surface area (Å²) in [5.74, 6) is 0.510. The van der Waals surface area contributed by atoms with Gasteiger partial charge in [-0.05, 0) is 66.2 Å². The van der Waals surface area contributed by atoms with Gasteiger partial charge < -0.3 is 11.1 Å². The SMILES string of the molecule is NCC1CCC(C(=O)Nc2ccc([N+](=O)[O-])c(Br)c2)CC1. The summed E-state index contributed by atoms with van der Waals surface area (Å²) in [6.07, 6.45) is 3.67. The Bertz CT molecular complexity index is 542. The van der Waals surface area contributed by atoms with Crippen molar-refractivity contribution in [2.75, 3.05) is 11.9 Å². The molecule has 3 N–H and O–H groups in total. The Kier molecular flexibility index (Phi) is 5.30. The summed E-state index contributed by atoms with van der Waals surface area (Å²) in [5.41, 5.74) is 6.19. The van der Waals surface area contributed by atoms with E-state index in [-0.39, 0.29) is 17.5 Å². The smallest absolute Gasteiger partial charge is 0.283 e. The molecule has 0 bridgehead atoms. The van der Waals surface area contributed by atoms with Gasteiger partial charge in [0.15, 0.2) is 0 Å². The average Bonchev–Trinajstić information content (AvgIpc) is 2.47. The summed E-state index contributed by atoms with van der Waals surface area (Å²) in [7, 11) is 0. The maximum atomic E-state index is 12.2. The Hall–Kier alpha value is -1.47. The van der Waals surface area contributed by atoms with Crippen LogP contribution in [-0.2, 0) is 4.79 Å². The van der Waals surface area contributed by atoms with Crippen LogP contribution in [0.1, 0.15) is 25.7 Å². The van der Waals surface area contributed by atoms with E-state index in [4.69, 9.17) is 5.73 Å². The van der Waals surface area contributed by atoms with E-state index in [0.717, 1.165) is 25.7 Å². The zero-order valence-corrected chi connectivity index (χ0v) is 13.1. The molecule has 1 fully saturated rings. The van der Waals surface area contributed by atoms with Gasteiger partial charge in [0.25, 0.3) is 5.69 Å². The van der Waals surface area contributed by atoms with Crippen molar-refractivity contribution in [2.24, 2.45) is 17.6 Å². The van der Waals surface area contributed by atoms with Crippen molar-refractivity contribution in [3.05, 3.63) is 32.8 Å². The molecule has 0 radical (unpaired) electrons. The lowest BCUT2D eigenvalue weighted by molar-refractivity contribution is -0.385. The molecule has 0 atom stereocenters. The molecular formula is C14H18BrN3O3. The fourth-order valence-corrected chi connectivity index (χ4v) is 3.16. The van der Waals surface area contributed by atoms with Crippen LogP contribution in [-0.4, -0.2) is 17.4 Å². The van der Waals surface area contributed by atoms with Gasteiger partial charge in [-0.15, -0.1) is 0 Å². The van der Waals surface area contributed by atoms with Gasteiger partial charge in [-0.25, -0.2) is 0 Å². The third-order valence-electron chi connectivity index (χ3n) is 3.96. The predicted octanol–water partition coefficient (Wildman–Crippen LogP) is 3.06. The van der Waals surface area contributed by atoms with Crippen molar-refractivity contribution in [1.29, 1.82) is 0 Å². The highest BCUT2D eigenvalue weighted by molar-refractivity contribution is 9.10. The Morgan fingerprint density at radius 3 is 2.57 bits per heavy atom. The van der Waals surface area contributed by atoms with Gasteiger partial charge in [0.1, 0.15) is 0 Å². The second-order valence-electron chi connectivity index (χ2n) is 5.37. The van der Waals surface area contributed by atoms with E-state index >= 15 is 0 Å². The second kappa shape index (κ2) is 7.00. The molecule has 0 aliphatic heterocycles. The molecule has 1 saturated carbocycles. The summed E-state index contributed by atoms with van der Waals surface area (Å²) >= 11 is 3.14. The maximum absolute atomic E-state index is 12.2. The number of benzene rings is 1. The first kappa shape index (κ1) is 15.9. The molecule has 1 aromatic rings. The van der Waals surface area contributed by atoms with Crippen LogP contribution >= 0.6 is 15.9 Å². The Morgan fingerprint density at radius 1 is 1.38 bits per heavy atom. The van der Waals surface area contributed by atoms with Crippen LogP contribution in [0.4, 0.5) is 11.4 Å². The molecule has 0 spiro atoms. The van der Waals surface area contributed by atoms with E-state index in [9.17, 15) is 14.9 Å². The third kappa shape index (κ3) is 4.01. The van der Waals surface area contributed by atoms with E-state index in [2.05, 4.69) is 21.2 Å². The number of nitrogens with one attached hydrogen (secondary N) is 1. The van der Waals surface area contributed by atoms with Crippen LogP contribution in [0.3, 0.4) is 0 Å². The number of rotatable bonds is 4. The standard InChI is InChI=1S/C14H18BrN3O3/c15-12-7-11(5-6-13(12)18(20)21)17-14(19)10-3-1-9(8-16)2-4-10/h5-7,9-10H,1-4,8,16H2,(H,17,19). The number of amides is 1. The molecule has 1 aromatic carbocycles. The summed E-state index contributed by atoms with van der Waals surface area (Å²) < 4.78 is 0.358. The van der Waals surface area contributed by atoms with E-state index in [1.807, 2.05) is 0 Å². The normalized spacial score (nSPS) is 21.8. The van der Waals surface area contributed by atoms with Gasteiger partial charge in [0.2, 0.25) is 5.91 Å². The molecule has 6 nitrogen and oxygen atoms in total. The van der Waals surface area contributed by atoms with E-state index in [0.29, 0.717) is 22.6 Å². The largest absolute Gasteiger partial charge is 0.330 e. The highest BCUT2D eigenvalue weighted by Crippen LogP contribution is 2.31. The minimum atomic E-state index is -0.468. The molecule has 2 rings (SSSR count). The number of hydrogen-bond acceptors (Lipinski definition) is 4. The maximum Gasteiger partial charge on any atom is 0.283 e. The second-order valence-corrected chi connectivity index (χ2v) is 6.22. The van der Waals surface area contributed by atoms with E-state index in [1.54, 1.807) is 12.1 Å². The topological polar surface area (TPSA) is 98.3 Å². The number of nitro benzene ring substituents is 1. The third-order valence-corrected chi connectivity index (χ3v) is 4.60. The Labute approximate surface area is 131 Å². The first-order valence-corrected chi connectivity index (χ1v) is 7.75. The highest BCUT2D eigenvalue weighted by atomic mass is 79.9. The van der Waals surface area contributed by atoms with Gasteiger partial charge in [0.05, 0.1) is 9.40 Å². The van der Waals surface area contributed by atoms with Gasteiger partial charge in [0, 0.05) is 17.7 Å². The number of anilines is 1. The van der Waals surface area contributed by atoms with Crippen molar-refractivity contribution >= 4 is 33.2 Å². The number of halogens is 1. The van der Waals surface area contributed by atoms with Crippen molar-refractivity contribution in [2.45, 2.75) is 25.7 Å². The minimum Gasteiger partial charge on any atom is -0.330 e. The number of nitrogens with zero attached hydrogens (tertiary/aromatic N) is 1. The van der Waals surface area contributed by atoms with Crippen LogP contribution < -0.4 is 11.1 Å². The number of hydrogen-bond donors (Lipinski definition) is 2. The Morgan fingerprint density at radius 2 is 2.05 bits per heavy atom. The number of carbonyl (C=O) groups is 1. The molecular weight excluding hydrogens is 338 g/mol. The fourth-order valence-electron chi connectivity index (χ4n) is 2.64. The van der Waals surface area contributed by atoms with Crippen LogP contribution in [0.5, 0.6) is 0 Å². The molecule has 0 unspecified atom stereocenters. The van der Waals surface area contributed by atoms with Crippen LogP contribution in [0.25, 0.3) is 0 Å². The molecule has 7 heteroatoms. The average molecular weight is 356 g/mol. The predicted molar refractivity (Wildman–Crippen MR) is 83.9 cm³/mol. The molecule has 0 aromatic heterocycles. The number of nitro groups is 1. The summed E-state index contributed by atoms with van der Waals surface area (Å²) in [6, 6.07) is 4.48. The molecule has 21 heavy (non-hydrogen) atoms. The molecule has 114 valence electrons. The number of carbonyl (C=O) groups excluding carboxylic acids is 1. The van der Waals surface area contributed by atoms with Crippen molar-refractivity contribution in [1.82, 2.24) is 0 Å². The van der Waals surface area contributed by atoms with Crippen LogP contribution in [0.15, 0.2) is 22.7 Å². The van der Waals surface area contributed by atoms with Gasteiger partial charge in [-0.2, -0.15) is 0 Å². The quantitative estimate of drug-likeness (QED) is 0.640. The zero-order valence-electron chi connectivity index (χ0n) is 11.5. The molecule has 1 aliphatic carbocycles. The van der Waals surface area contributed by atoms with Crippen LogP contribution in [0, 0.1) is 22.0 Å². The lowest BCUT2D eigenvalue weighted by atomic mass is 9.81.